The highest BCUT2D eigenvalue weighted by Crippen LogP contribution is 2.27. The number of nitrogens with one attached hydrogen (secondary N) is 2. The van der Waals surface area contributed by atoms with E-state index in [1.54, 1.807) is 24.4 Å². The van der Waals surface area contributed by atoms with Gasteiger partial charge < -0.3 is 10.6 Å². The summed E-state index contributed by atoms with van der Waals surface area (Å²) < 4.78 is 0. The fourth-order valence-electron chi connectivity index (χ4n) is 2.24. The Bertz CT molecular complexity index is 826. The molecular formula is C16H15N3O4S. The summed E-state index contributed by atoms with van der Waals surface area (Å²) in [7, 11) is 0. The summed E-state index contributed by atoms with van der Waals surface area (Å²) in [5.41, 5.74) is 0.819. The first-order valence-electron chi connectivity index (χ1n) is 7.40. The molecule has 1 heterocycles. The summed E-state index contributed by atoms with van der Waals surface area (Å²) in [5, 5.41) is 18.7. The number of carbonyl (C=O) groups excluding carboxylic acids is 2. The van der Waals surface area contributed by atoms with Crippen molar-refractivity contribution >= 4 is 33.8 Å². The molecule has 0 atom stereocenters. The van der Waals surface area contributed by atoms with Gasteiger partial charge in [0.05, 0.1) is 10.5 Å². The lowest BCUT2D eigenvalue weighted by molar-refractivity contribution is -0.385. The molecule has 0 saturated heterocycles. The maximum atomic E-state index is 12.5. The molecule has 0 spiro atoms. The molecule has 7 nitrogen and oxygen atoms in total. The zero-order valence-electron chi connectivity index (χ0n) is 12.9. The third kappa shape index (κ3) is 3.43. The lowest BCUT2D eigenvalue weighted by Crippen LogP contribution is -2.26. The molecule has 0 radical (unpaired) electrons. The molecule has 2 amide bonds. The third-order valence-corrected chi connectivity index (χ3v) is 4.47. The highest BCUT2D eigenvalue weighted by atomic mass is 32.1. The van der Waals surface area contributed by atoms with E-state index in [-0.39, 0.29) is 23.2 Å². The second-order valence-electron chi connectivity index (χ2n) is 5.64. The number of nitro benzene ring substituents is 1. The first-order valence-corrected chi connectivity index (χ1v) is 8.28. The molecule has 2 N–H and O–H groups in total. The van der Waals surface area contributed by atoms with E-state index in [1.807, 2.05) is 0 Å². The van der Waals surface area contributed by atoms with E-state index in [1.165, 1.54) is 23.5 Å². The topological polar surface area (TPSA) is 101 Å². The summed E-state index contributed by atoms with van der Waals surface area (Å²) >= 11 is 1.20. The van der Waals surface area contributed by atoms with E-state index in [0.717, 1.165) is 18.4 Å². The average Bonchev–Trinajstić information content (AvgIpc) is 3.22. The third-order valence-electron chi connectivity index (χ3n) is 3.64. The van der Waals surface area contributed by atoms with Crippen LogP contribution >= 0.6 is 11.3 Å². The quantitative estimate of drug-likeness (QED) is 0.642. The smallest absolute Gasteiger partial charge is 0.282 e. The molecular weight excluding hydrogens is 330 g/mol. The van der Waals surface area contributed by atoms with Gasteiger partial charge in [-0.3, -0.25) is 19.7 Å². The Kier molecular flexibility index (Phi) is 4.30. The number of hydrogen-bond donors (Lipinski definition) is 2. The minimum absolute atomic E-state index is 0.0260. The number of rotatable bonds is 5. The second kappa shape index (κ2) is 6.40. The van der Waals surface area contributed by atoms with Gasteiger partial charge in [0.1, 0.15) is 10.6 Å². The highest BCUT2D eigenvalue weighted by Gasteiger charge is 2.26. The summed E-state index contributed by atoms with van der Waals surface area (Å²) in [6.45, 7) is 1.75. The van der Waals surface area contributed by atoms with Crippen molar-refractivity contribution < 1.29 is 14.5 Å². The molecule has 1 fully saturated rings. The molecule has 1 aliphatic carbocycles. The van der Waals surface area contributed by atoms with Crippen LogP contribution in [0.2, 0.25) is 0 Å². The zero-order chi connectivity index (χ0) is 17.3. The van der Waals surface area contributed by atoms with Gasteiger partial charge in [-0.15, -0.1) is 11.3 Å². The normalized spacial score (nSPS) is 13.4. The summed E-state index contributed by atoms with van der Waals surface area (Å²) in [5.74, 6) is -0.846. The molecule has 1 aromatic heterocycles. The van der Waals surface area contributed by atoms with Crippen LogP contribution in [0.15, 0.2) is 29.6 Å². The Morgan fingerprint density at radius 3 is 2.62 bits per heavy atom. The van der Waals surface area contributed by atoms with Crippen molar-refractivity contribution in [3.05, 3.63) is 56.5 Å². The van der Waals surface area contributed by atoms with E-state index in [4.69, 9.17) is 0 Å². The van der Waals surface area contributed by atoms with Gasteiger partial charge in [0.2, 0.25) is 0 Å². The Labute approximate surface area is 141 Å². The van der Waals surface area contributed by atoms with Gasteiger partial charge in [-0.2, -0.15) is 0 Å². The number of carbonyl (C=O) groups is 2. The van der Waals surface area contributed by atoms with Crippen molar-refractivity contribution in [2.45, 2.75) is 25.8 Å². The summed E-state index contributed by atoms with van der Waals surface area (Å²) in [6, 6.07) is 6.18. The minimum Gasteiger partial charge on any atom is -0.349 e. The first kappa shape index (κ1) is 16.1. The average molecular weight is 345 g/mol. The van der Waals surface area contributed by atoms with Crippen LogP contribution in [0.4, 0.5) is 10.7 Å². The molecule has 3 rings (SSSR count). The molecule has 1 saturated carbocycles. The summed E-state index contributed by atoms with van der Waals surface area (Å²) in [4.78, 5) is 35.1. The van der Waals surface area contributed by atoms with Crippen LogP contribution in [-0.2, 0) is 0 Å². The number of hydrogen-bond acceptors (Lipinski definition) is 5. The van der Waals surface area contributed by atoms with Gasteiger partial charge in [-0.05, 0) is 42.8 Å². The number of benzene rings is 1. The Morgan fingerprint density at radius 2 is 1.96 bits per heavy atom. The van der Waals surface area contributed by atoms with Crippen LogP contribution < -0.4 is 10.6 Å². The van der Waals surface area contributed by atoms with Crippen molar-refractivity contribution in [1.29, 1.82) is 0 Å². The molecule has 1 aliphatic rings. The van der Waals surface area contributed by atoms with Gasteiger partial charge in [0.25, 0.3) is 17.5 Å². The van der Waals surface area contributed by atoms with Crippen molar-refractivity contribution in [1.82, 2.24) is 5.32 Å². The molecule has 8 heteroatoms. The SMILES string of the molecule is Cc1ccc([N+](=O)[O-])c(C(=O)Nc2sccc2C(=O)NC2CC2)c1. The number of thiophene rings is 1. The molecule has 2 aromatic rings. The summed E-state index contributed by atoms with van der Waals surface area (Å²) in [6.07, 6.45) is 1.93. The standard InChI is InChI=1S/C16H15N3O4S/c1-9-2-5-13(19(22)23)12(8-9)15(21)18-16-11(6-7-24-16)14(20)17-10-3-4-10/h2,5-8,10H,3-4H2,1H3,(H,17,20)(H,18,21). The zero-order valence-corrected chi connectivity index (χ0v) is 13.7. The monoisotopic (exact) mass is 345 g/mol. The lowest BCUT2D eigenvalue weighted by Gasteiger charge is -2.08. The van der Waals surface area contributed by atoms with Crippen LogP contribution in [-0.4, -0.2) is 22.8 Å². The fourth-order valence-corrected chi connectivity index (χ4v) is 3.02. The van der Waals surface area contributed by atoms with Crippen molar-refractivity contribution in [3.8, 4) is 0 Å². The predicted molar refractivity (Wildman–Crippen MR) is 90.6 cm³/mol. The van der Waals surface area contributed by atoms with Crippen LogP contribution in [0.3, 0.4) is 0 Å². The Morgan fingerprint density at radius 1 is 1.21 bits per heavy atom. The van der Waals surface area contributed by atoms with Gasteiger partial charge in [-0.25, -0.2) is 0 Å². The van der Waals surface area contributed by atoms with Crippen LogP contribution in [0.5, 0.6) is 0 Å². The molecule has 0 bridgehead atoms. The Balaban J connectivity index is 1.83. The van der Waals surface area contributed by atoms with Gasteiger partial charge >= 0.3 is 0 Å². The van der Waals surface area contributed by atoms with Gasteiger partial charge in [0.15, 0.2) is 0 Å². The number of anilines is 1. The Hall–Kier alpha value is -2.74. The van der Waals surface area contributed by atoms with Gasteiger partial charge in [-0.1, -0.05) is 6.07 Å². The lowest BCUT2D eigenvalue weighted by atomic mass is 10.1. The van der Waals surface area contributed by atoms with E-state index in [9.17, 15) is 19.7 Å². The van der Waals surface area contributed by atoms with E-state index in [2.05, 4.69) is 10.6 Å². The van der Waals surface area contributed by atoms with E-state index in [0.29, 0.717) is 10.6 Å². The maximum absolute atomic E-state index is 12.5. The highest BCUT2D eigenvalue weighted by molar-refractivity contribution is 7.14. The van der Waals surface area contributed by atoms with Crippen LogP contribution in [0.1, 0.15) is 39.1 Å². The van der Waals surface area contributed by atoms with E-state index >= 15 is 0 Å². The maximum Gasteiger partial charge on any atom is 0.282 e. The molecule has 1 aromatic carbocycles. The van der Waals surface area contributed by atoms with Crippen molar-refractivity contribution in [3.63, 3.8) is 0 Å². The second-order valence-corrected chi connectivity index (χ2v) is 6.56. The van der Waals surface area contributed by atoms with Crippen molar-refractivity contribution in [2.75, 3.05) is 5.32 Å². The minimum atomic E-state index is -0.603. The number of nitro groups is 1. The fraction of sp³-hybridized carbons (Fsp3) is 0.250. The molecule has 0 unspecified atom stereocenters. The molecule has 124 valence electrons. The molecule has 24 heavy (non-hydrogen) atoms. The largest absolute Gasteiger partial charge is 0.349 e. The van der Waals surface area contributed by atoms with Crippen molar-refractivity contribution in [2.24, 2.45) is 0 Å². The first-order chi connectivity index (χ1) is 11.5. The predicted octanol–water partition coefficient (Wildman–Crippen LogP) is 3.11. The number of amides is 2. The van der Waals surface area contributed by atoms with Crippen LogP contribution in [0, 0.1) is 17.0 Å². The van der Waals surface area contributed by atoms with E-state index < -0.39 is 10.8 Å². The van der Waals surface area contributed by atoms with Gasteiger partial charge in [0, 0.05) is 12.1 Å². The van der Waals surface area contributed by atoms with Crippen LogP contribution in [0.25, 0.3) is 0 Å². The number of aryl methyl sites for hydroxylation is 1. The molecule has 0 aliphatic heterocycles. The number of nitrogens with zero attached hydrogens (tertiary/aromatic N) is 1.